The topological polar surface area (TPSA) is 18.5 Å². The van der Waals surface area contributed by atoms with E-state index >= 15 is 0 Å². The first-order valence-electron chi connectivity index (χ1n) is 5.46. The van der Waals surface area contributed by atoms with Crippen LogP contribution in [0.4, 0.5) is 0 Å². The third-order valence-corrected chi connectivity index (χ3v) is 3.67. The standard InChI is InChI=1S/C11H24O2S/c1-6-12-11(13-7-2)8-14-10(5)9(3)4/h9-11H,6-8H2,1-5H3. The summed E-state index contributed by atoms with van der Waals surface area (Å²) in [7, 11) is 0. The van der Waals surface area contributed by atoms with Crippen molar-refractivity contribution >= 4 is 11.8 Å². The van der Waals surface area contributed by atoms with Gasteiger partial charge < -0.3 is 9.47 Å². The van der Waals surface area contributed by atoms with Crippen molar-refractivity contribution in [3.8, 4) is 0 Å². The van der Waals surface area contributed by atoms with Crippen molar-refractivity contribution in [2.45, 2.75) is 46.2 Å². The van der Waals surface area contributed by atoms with Crippen LogP contribution in [-0.2, 0) is 9.47 Å². The van der Waals surface area contributed by atoms with Crippen molar-refractivity contribution in [2.75, 3.05) is 19.0 Å². The van der Waals surface area contributed by atoms with Crippen molar-refractivity contribution < 1.29 is 9.47 Å². The Morgan fingerprint density at radius 1 is 1.00 bits per heavy atom. The highest BCUT2D eigenvalue weighted by atomic mass is 32.2. The zero-order valence-corrected chi connectivity index (χ0v) is 10.9. The van der Waals surface area contributed by atoms with Gasteiger partial charge in [-0.05, 0) is 19.8 Å². The minimum atomic E-state index is -0.0313. The van der Waals surface area contributed by atoms with Gasteiger partial charge in [0.2, 0.25) is 0 Å². The Hall–Kier alpha value is 0.270. The summed E-state index contributed by atoms with van der Waals surface area (Å²) in [5.74, 6) is 1.64. The van der Waals surface area contributed by atoms with E-state index in [1.807, 2.05) is 25.6 Å². The molecule has 1 unspecified atom stereocenters. The van der Waals surface area contributed by atoms with E-state index in [1.54, 1.807) is 0 Å². The first-order chi connectivity index (χ1) is 6.61. The molecule has 0 aromatic carbocycles. The van der Waals surface area contributed by atoms with Crippen LogP contribution in [-0.4, -0.2) is 30.5 Å². The molecule has 0 amide bonds. The fourth-order valence-corrected chi connectivity index (χ4v) is 1.98. The van der Waals surface area contributed by atoms with Crippen LogP contribution in [0.3, 0.4) is 0 Å². The molecule has 0 aliphatic carbocycles. The molecule has 0 aliphatic heterocycles. The van der Waals surface area contributed by atoms with E-state index in [1.165, 1.54) is 0 Å². The lowest BCUT2D eigenvalue weighted by molar-refractivity contribution is -0.120. The molecule has 86 valence electrons. The average Bonchev–Trinajstić information content (AvgIpc) is 2.14. The maximum absolute atomic E-state index is 5.47. The van der Waals surface area contributed by atoms with Crippen LogP contribution in [0.2, 0.25) is 0 Å². The maximum atomic E-state index is 5.47. The fourth-order valence-electron chi connectivity index (χ4n) is 0.939. The molecule has 0 radical (unpaired) electrons. The third kappa shape index (κ3) is 6.68. The molecule has 0 N–H and O–H groups in total. The highest BCUT2D eigenvalue weighted by Crippen LogP contribution is 2.20. The molecule has 3 heteroatoms. The Kier molecular flexibility index (Phi) is 8.73. The van der Waals surface area contributed by atoms with Crippen LogP contribution in [0.25, 0.3) is 0 Å². The molecule has 0 spiro atoms. The number of hydrogen-bond donors (Lipinski definition) is 0. The predicted octanol–water partition coefficient (Wildman–Crippen LogP) is 3.16. The zero-order valence-electron chi connectivity index (χ0n) is 10.1. The smallest absolute Gasteiger partial charge is 0.166 e. The number of thioether (sulfide) groups is 1. The summed E-state index contributed by atoms with van der Waals surface area (Å²) >= 11 is 1.92. The summed E-state index contributed by atoms with van der Waals surface area (Å²) in [5, 5.41) is 0.665. The Labute approximate surface area is 92.7 Å². The first kappa shape index (κ1) is 14.3. The first-order valence-corrected chi connectivity index (χ1v) is 6.51. The summed E-state index contributed by atoms with van der Waals surface area (Å²) in [6.07, 6.45) is -0.0313. The second-order valence-electron chi connectivity index (χ2n) is 3.62. The van der Waals surface area contributed by atoms with Crippen LogP contribution in [0.5, 0.6) is 0 Å². The van der Waals surface area contributed by atoms with E-state index < -0.39 is 0 Å². The van der Waals surface area contributed by atoms with Crippen LogP contribution >= 0.6 is 11.8 Å². The van der Waals surface area contributed by atoms with E-state index in [2.05, 4.69) is 20.8 Å². The van der Waals surface area contributed by atoms with Gasteiger partial charge in [0.25, 0.3) is 0 Å². The summed E-state index contributed by atoms with van der Waals surface area (Å²) in [6, 6.07) is 0. The Morgan fingerprint density at radius 3 is 1.86 bits per heavy atom. The van der Waals surface area contributed by atoms with Gasteiger partial charge in [0, 0.05) is 24.2 Å². The Balaban J connectivity index is 3.68. The fraction of sp³-hybridized carbons (Fsp3) is 1.00. The Bertz CT molecular complexity index is 122. The number of ether oxygens (including phenoxy) is 2. The molecule has 0 saturated carbocycles. The molecule has 2 nitrogen and oxygen atoms in total. The van der Waals surface area contributed by atoms with Crippen molar-refractivity contribution in [2.24, 2.45) is 5.92 Å². The summed E-state index contributed by atoms with van der Waals surface area (Å²) < 4.78 is 10.9. The molecular formula is C11H24O2S. The summed E-state index contributed by atoms with van der Waals surface area (Å²) in [6.45, 7) is 12.2. The van der Waals surface area contributed by atoms with Gasteiger partial charge in [0.15, 0.2) is 6.29 Å². The largest absolute Gasteiger partial charge is 0.352 e. The predicted molar refractivity (Wildman–Crippen MR) is 63.8 cm³/mol. The van der Waals surface area contributed by atoms with Crippen LogP contribution in [0.1, 0.15) is 34.6 Å². The second kappa shape index (κ2) is 8.57. The van der Waals surface area contributed by atoms with E-state index in [0.29, 0.717) is 11.2 Å². The number of hydrogen-bond acceptors (Lipinski definition) is 3. The van der Waals surface area contributed by atoms with Crippen LogP contribution in [0.15, 0.2) is 0 Å². The molecule has 0 bridgehead atoms. The second-order valence-corrected chi connectivity index (χ2v) is 5.03. The maximum Gasteiger partial charge on any atom is 0.166 e. The van der Waals surface area contributed by atoms with Gasteiger partial charge in [0.05, 0.1) is 0 Å². The van der Waals surface area contributed by atoms with E-state index in [-0.39, 0.29) is 6.29 Å². The third-order valence-electron chi connectivity index (χ3n) is 2.14. The van der Waals surface area contributed by atoms with Gasteiger partial charge in [-0.25, -0.2) is 0 Å². The van der Waals surface area contributed by atoms with Gasteiger partial charge in [-0.3, -0.25) is 0 Å². The summed E-state index contributed by atoms with van der Waals surface area (Å²) in [5.41, 5.74) is 0. The normalized spacial score (nSPS) is 13.9. The lowest BCUT2D eigenvalue weighted by atomic mass is 10.2. The van der Waals surface area contributed by atoms with E-state index in [9.17, 15) is 0 Å². The van der Waals surface area contributed by atoms with Gasteiger partial charge in [-0.2, -0.15) is 11.8 Å². The molecular weight excluding hydrogens is 196 g/mol. The summed E-state index contributed by atoms with van der Waals surface area (Å²) in [4.78, 5) is 0. The molecule has 0 rings (SSSR count). The molecule has 0 aromatic heterocycles. The van der Waals surface area contributed by atoms with Gasteiger partial charge in [-0.15, -0.1) is 0 Å². The monoisotopic (exact) mass is 220 g/mol. The lowest BCUT2D eigenvalue weighted by Gasteiger charge is -2.20. The molecule has 0 saturated heterocycles. The SMILES string of the molecule is CCOC(CSC(C)C(C)C)OCC. The highest BCUT2D eigenvalue weighted by Gasteiger charge is 2.13. The minimum Gasteiger partial charge on any atom is -0.352 e. The minimum absolute atomic E-state index is 0.0313. The average molecular weight is 220 g/mol. The van der Waals surface area contributed by atoms with Crippen molar-refractivity contribution in [3.63, 3.8) is 0 Å². The van der Waals surface area contributed by atoms with Gasteiger partial charge in [0.1, 0.15) is 0 Å². The quantitative estimate of drug-likeness (QED) is 0.585. The van der Waals surface area contributed by atoms with E-state index in [4.69, 9.17) is 9.47 Å². The zero-order chi connectivity index (χ0) is 11.0. The van der Waals surface area contributed by atoms with E-state index in [0.717, 1.165) is 19.0 Å². The number of rotatable bonds is 8. The van der Waals surface area contributed by atoms with Gasteiger partial charge in [-0.1, -0.05) is 20.8 Å². The molecule has 14 heavy (non-hydrogen) atoms. The molecule has 0 aromatic rings. The van der Waals surface area contributed by atoms with Crippen LogP contribution in [0, 0.1) is 5.92 Å². The Morgan fingerprint density at radius 2 is 1.50 bits per heavy atom. The molecule has 1 atom stereocenters. The molecule has 0 fully saturated rings. The molecule has 0 heterocycles. The highest BCUT2D eigenvalue weighted by molar-refractivity contribution is 7.99. The molecule has 0 aliphatic rings. The lowest BCUT2D eigenvalue weighted by Crippen LogP contribution is -2.22. The van der Waals surface area contributed by atoms with Crippen molar-refractivity contribution in [1.29, 1.82) is 0 Å². The van der Waals surface area contributed by atoms with Crippen molar-refractivity contribution in [3.05, 3.63) is 0 Å². The van der Waals surface area contributed by atoms with Crippen LogP contribution < -0.4 is 0 Å². The van der Waals surface area contributed by atoms with Gasteiger partial charge >= 0.3 is 0 Å². The van der Waals surface area contributed by atoms with Crippen molar-refractivity contribution in [1.82, 2.24) is 0 Å².